The molecule has 0 saturated heterocycles. The highest BCUT2D eigenvalue weighted by molar-refractivity contribution is 7.60. The van der Waals surface area contributed by atoms with Crippen LogP contribution in [0.1, 0.15) is 67.4 Å². The molecular formula is C26H34ClN2O8P. The molecule has 38 heavy (non-hydrogen) atoms. The van der Waals surface area contributed by atoms with E-state index in [1.165, 1.54) is 0 Å². The minimum atomic E-state index is -5.00. The van der Waals surface area contributed by atoms with Crippen molar-refractivity contribution in [3.8, 4) is 11.6 Å². The Morgan fingerprint density at radius 3 is 2.08 bits per heavy atom. The van der Waals surface area contributed by atoms with Crippen LogP contribution in [0.25, 0.3) is 22.6 Å². The number of halogens is 1. The van der Waals surface area contributed by atoms with Gasteiger partial charge in [0.05, 0.1) is 21.9 Å². The second kappa shape index (κ2) is 10.5. The average molecular weight is 569 g/mol. The maximum atomic E-state index is 12.8. The van der Waals surface area contributed by atoms with Crippen molar-refractivity contribution in [2.24, 2.45) is 16.7 Å². The largest absolute Gasteiger partial charge is 0.449 e. The fourth-order valence-electron chi connectivity index (χ4n) is 3.42. The number of nitrogens with zero attached hydrogens (tertiary/aromatic N) is 2. The van der Waals surface area contributed by atoms with E-state index in [9.17, 15) is 23.9 Å². The molecule has 1 aromatic carbocycles. The molecule has 0 radical (unpaired) electrons. The standard InChI is InChI=1S/C26H34ClN2O8P/c1-14(2)13-29-17-11-15(27)9-10-16(17)28-21(29)18-12-19(38(32,33)34)20(35-18)22(36-23(30)25(3,4)5)37-24(31)26(6,7)8/h9-12,14,22H,13H2,1-8H3,(H2,32,33,34). The number of ether oxygens (including phenoxy) is 2. The summed E-state index contributed by atoms with van der Waals surface area (Å²) in [6.45, 7) is 14.1. The van der Waals surface area contributed by atoms with Gasteiger partial charge in [-0.2, -0.15) is 0 Å². The molecule has 0 fully saturated rings. The highest BCUT2D eigenvalue weighted by Crippen LogP contribution is 2.42. The smallest absolute Gasteiger partial charge is 0.360 e. The number of hydrogen-bond acceptors (Lipinski definition) is 7. The molecule has 2 heterocycles. The zero-order valence-corrected chi connectivity index (χ0v) is 24.4. The third kappa shape index (κ3) is 6.67. The monoisotopic (exact) mass is 568 g/mol. The molecule has 0 aliphatic rings. The predicted molar refractivity (Wildman–Crippen MR) is 143 cm³/mol. The van der Waals surface area contributed by atoms with Crippen LogP contribution in [0.15, 0.2) is 28.7 Å². The van der Waals surface area contributed by atoms with Gasteiger partial charge >= 0.3 is 25.8 Å². The molecule has 0 bridgehead atoms. The van der Waals surface area contributed by atoms with E-state index in [-0.39, 0.29) is 17.5 Å². The van der Waals surface area contributed by atoms with Gasteiger partial charge < -0.3 is 28.2 Å². The number of benzene rings is 1. The number of imidazole rings is 1. The molecule has 3 aromatic rings. The molecular weight excluding hydrogens is 535 g/mol. The van der Waals surface area contributed by atoms with E-state index in [0.29, 0.717) is 22.6 Å². The van der Waals surface area contributed by atoms with E-state index in [0.717, 1.165) is 6.07 Å². The van der Waals surface area contributed by atoms with Gasteiger partial charge in [-0.15, -0.1) is 0 Å². The summed E-state index contributed by atoms with van der Waals surface area (Å²) in [5.41, 5.74) is -0.717. The lowest BCUT2D eigenvalue weighted by atomic mass is 9.97. The molecule has 0 aliphatic carbocycles. The summed E-state index contributed by atoms with van der Waals surface area (Å²) in [7, 11) is -5.00. The summed E-state index contributed by atoms with van der Waals surface area (Å²) in [6.07, 6.45) is -1.85. The summed E-state index contributed by atoms with van der Waals surface area (Å²) in [4.78, 5) is 50.5. The molecule has 3 rings (SSSR count). The average Bonchev–Trinajstić information content (AvgIpc) is 3.33. The van der Waals surface area contributed by atoms with Crippen LogP contribution in [0.2, 0.25) is 5.02 Å². The van der Waals surface area contributed by atoms with Crippen molar-refractivity contribution in [1.29, 1.82) is 0 Å². The van der Waals surface area contributed by atoms with Crippen LogP contribution in [0, 0.1) is 16.7 Å². The summed E-state index contributed by atoms with van der Waals surface area (Å²) in [5, 5.41) is -0.0876. The molecule has 0 amide bonds. The molecule has 0 unspecified atom stereocenters. The Kier molecular flexibility index (Phi) is 8.25. The van der Waals surface area contributed by atoms with Gasteiger partial charge in [0.1, 0.15) is 5.30 Å². The number of carbonyl (C=O) groups excluding carboxylic acids is 2. The lowest BCUT2D eigenvalue weighted by Crippen LogP contribution is -2.31. The van der Waals surface area contributed by atoms with E-state index in [4.69, 9.17) is 25.5 Å². The van der Waals surface area contributed by atoms with E-state index in [1.807, 2.05) is 18.4 Å². The summed E-state index contributed by atoms with van der Waals surface area (Å²) in [5.74, 6) is -1.57. The number of carbonyl (C=O) groups is 2. The third-order valence-electron chi connectivity index (χ3n) is 5.40. The van der Waals surface area contributed by atoms with E-state index in [1.54, 1.807) is 59.7 Å². The molecule has 0 atom stereocenters. The predicted octanol–water partition coefficient (Wildman–Crippen LogP) is 5.59. The van der Waals surface area contributed by atoms with E-state index >= 15 is 0 Å². The van der Waals surface area contributed by atoms with Gasteiger partial charge in [-0.25, -0.2) is 4.98 Å². The fourth-order valence-corrected chi connectivity index (χ4v) is 4.31. The second-order valence-electron chi connectivity index (χ2n) is 11.6. The van der Waals surface area contributed by atoms with Gasteiger partial charge in [0, 0.05) is 17.6 Å². The quantitative estimate of drug-likeness (QED) is 0.212. The lowest BCUT2D eigenvalue weighted by molar-refractivity contribution is -0.203. The number of esters is 2. The molecule has 0 aliphatic heterocycles. The number of aromatic nitrogens is 2. The zero-order valence-electron chi connectivity index (χ0n) is 22.7. The molecule has 0 spiro atoms. The number of rotatable bonds is 7. The molecule has 2 aromatic heterocycles. The maximum Gasteiger partial charge on any atom is 0.360 e. The maximum absolute atomic E-state index is 12.8. The van der Waals surface area contributed by atoms with Crippen LogP contribution in [0.5, 0.6) is 0 Å². The van der Waals surface area contributed by atoms with Crippen LogP contribution < -0.4 is 5.30 Å². The molecule has 2 N–H and O–H groups in total. The third-order valence-corrected chi connectivity index (χ3v) is 6.61. The van der Waals surface area contributed by atoms with Crippen LogP contribution in [-0.2, 0) is 30.2 Å². The van der Waals surface area contributed by atoms with E-state index < -0.39 is 47.7 Å². The van der Waals surface area contributed by atoms with Gasteiger partial charge in [0.15, 0.2) is 11.6 Å². The number of furan rings is 1. The van der Waals surface area contributed by atoms with Crippen LogP contribution in [0.4, 0.5) is 0 Å². The Morgan fingerprint density at radius 1 is 1.05 bits per heavy atom. The van der Waals surface area contributed by atoms with Crippen molar-refractivity contribution in [2.75, 3.05) is 0 Å². The van der Waals surface area contributed by atoms with Crippen molar-refractivity contribution in [3.63, 3.8) is 0 Å². The zero-order chi connectivity index (χ0) is 28.8. The SMILES string of the molecule is CC(C)Cn1c(-c2cc(P(=O)(O)O)c(C(OC(=O)C(C)(C)C)OC(=O)C(C)(C)C)o2)nc2ccc(Cl)cc21. The number of fused-ring (bicyclic) bond motifs is 1. The van der Waals surface area contributed by atoms with Crippen LogP contribution >= 0.6 is 19.2 Å². The van der Waals surface area contributed by atoms with Gasteiger partial charge in [0.25, 0.3) is 0 Å². The first-order chi connectivity index (χ1) is 17.3. The van der Waals surface area contributed by atoms with Crippen LogP contribution in [-0.4, -0.2) is 31.3 Å². The highest BCUT2D eigenvalue weighted by atomic mass is 35.5. The second-order valence-corrected chi connectivity index (χ2v) is 13.6. The molecule has 12 heteroatoms. The van der Waals surface area contributed by atoms with Crippen molar-refractivity contribution in [3.05, 3.63) is 35.0 Å². The molecule has 0 saturated carbocycles. The Bertz CT molecular complexity index is 1380. The Balaban J connectivity index is 2.25. The minimum absolute atomic E-state index is 0.00471. The summed E-state index contributed by atoms with van der Waals surface area (Å²) >= 11 is 6.22. The fraction of sp³-hybridized carbons (Fsp3) is 0.500. The van der Waals surface area contributed by atoms with Crippen molar-refractivity contribution < 1.29 is 37.8 Å². The first kappa shape index (κ1) is 29.9. The first-order valence-corrected chi connectivity index (χ1v) is 14.1. The molecule has 208 valence electrons. The van der Waals surface area contributed by atoms with Gasteiger partial charge in [-0.3, -0.25) is 14.2 Å². The van der Waals surface area contributed by atoms with Gasteiger partial charge in [-0.05, 0) is 65.7 Å². The summed E-state index contributed by atoms with van der Waals surface area (Å²) < 4.78 is 31.2. The first-order valence-electron chi connectivity index (χ1n) is 12.1. The van der Waals surface area contributed by atoms with E-state index in [2.05, 4.69) is 4.98 Å². The Morgan fingerprint density at radius 2 is 1.61 bits per heavy atom. The van der Waals surface area contributed by atoms with Crippen molar-refractivity contribution >= 4 is 47.5 Å². The summed E-state index contributed by atoms with van der Waals surface area (Å²) in [6, 6.07) is 6.29. The minimum Gasteiger partial charge on any atom is -0.449 e. The topological polar surface area (TPSA) is 141 Å². The normalized spacial score (nSPS) is 13.0. The van der Waals surface area contributed by atoms with Crippen molar-refractivity contribution in [1.82, 2.24) is 9.55 Å². The number of hydrogen-bond donors (Lipinski definition) is 2. The van der Waals surface area contributed by atoms with Crippen LogP contribution in [0.3, 0.4) is 0 Å². The van der Waals surface area contributed by atoms with Gasteiger partial charge in [-0.1, -0.05) is 25.4 Å². The molecule has 10 nitrogen and oxygen atoms in total. The van der Waals surface area contributed by atoms with Gasteiger partial charge in [0.2, 0.25) is 5.76 Å². The highest BCUT2D eigenvalue weighted by Gasteiger charge is 2.40. The van der Waals surface area contributed by atoms with Crippen molar-refractivity contribution in [2.45, 2.75) is 68.2 Å². The Hall–Kier alpha value is -2.65. The Labute approximate surface area is 226 Å². The lowest BCUT2D eigenvalue weighted by Gasteiger charge is -2.25.